The summed E-state index contributed by atoms with van der Waals surface area (Å²) in [6.45, 7) is 4.85. The summed E-state index contributed by atoms with van der Waals surface area (Å²) in [7, 11) is 0. The zero-order valence-electron chi connectivity index (χ0n) is 19.5. The van der Waals surface area contributed by atoms with Crippen molar-refractivity contribution in [2.75, 3.05) is 39.3 Å². The first-order chi connectivity index (χ1) is 16.7. The lowest BCUT2D eigenvalue weighted by Gasteiger charge is -2.35. The summed E-state index contributed by atoms with van der Waals surface area (Å²) in [5.41, 5.74) is 4.51. The summed E-state index contributed by atoms with van der Waals surface area (Å²) >= 11 is 0. The molecular weight excluding hydrogens is 424 g/mol. The van der Waals surface area contributed by atoms with E-state index in [2.05, 4.69) is 24.3 Å². The molecule has 0 bridgehead atoms. The molecule has 4 rings (SSSR count). The quantitative estimate of drug-likeness (QED) is 0.303. The van der Waals surface area contributed by atoms with E-state index in [1.165, 1.54) is 0 Å². The number of benzene rings is 3. The Labute approximate surface area is 201 Å². The van der Waals surface area contributed by atoms with E-state index in [1.807, 2.05) is 83.5 Å². The van der Waals surface area contributed by atoms with Gasteiger partial charge in [-0.15, -0.1) is 0 Å². The number of rotatable bonds is 7. The molecule has 34 heavy (non-hydrogen) atoms. The van der Waals surface area contributed by atoms with Gasteiger partial charge < -0.3 is 9.64 Å². The second-order valence-corrected chi connectivity index (χ2v) is 8.22. The first kappa shape index (κ1) is 23.5. The number of nitrogens with zero attached hydrogens (tertiary/aromatic N) is 2. The summed E-state index contributed by atoms with van der Waals surface area (Å²) in [5, 5.41) is 0. The van der Waals surface area contributed by atoms with Gasteiger partial charge in [0.2, 0.25) is 0 Å². The summed E-state index contributed by atoms with van der Waals surface area (Å²) in [5.74, 6) is -0.215. The minimum Gasteiger partial charge on any atom is -0.465 e. The van der Waals surface area contributed by atoms with Crippen LogP contribution in [0.4, 0.5) is 0 Å². The van der Waals surface area contributed by atoms with E-state index in [9.17, 15) is 9.59 Å². The first-order valence-corrected chi connectivity index (χ1v) is 11.7. The van der Waals surface area contributed by atoms with E-state index in [1.54, 1.807) is 0 Å². The van der Waals surface area contributed by atoms with Gasteiger partial charge in [0.05, 0.1) is 18.7 Å². The van der Waals surface area contributed by atoms with Crippen molar-refractivity contribution < 1.29 is 14.3 Å². The van der Waals surface area contributed by atoms with Gasteiger partial charge in [-0.25, -0.2) is 0 Å². The Morgan fingerprint density at radius 3 is 1.65 bits per heavy atom. The highest BCUT2D eigenvalue weighted by atomic mass is 16.5. The average Bonchev–Trinajstić information content (AvgIpc) is 2.89. The van der Waals surface area contributed by atoms with Gasteiger partial charge >= 0.3 is 5.97 Å². The summed E-state index contributed by atoms with van der Waals surface area (Å²) in [4.78, 5) is 29.9. The van der Waals surface area contributed by atoms with Gasteiger partial charge in [0, 0.05) is 31.8 Å². The van der Waals surface area contributed by atoms with E-state index in [4.69, 9.17) is 4.74 Å². The van der Waals surface area contributed by atoms with Crippen LogP contribution in [-0.2, 0) is 14.3 Å². The zero-order valence-corrected chi connectivity index (χ0v) is 19.5. The summed E-state index contributed by atoms with van der Waals surface area (Å²) in [6.07, 6.45) is 0. The molecule has 1 heterocycles. The lowest BCUT2D eigenvalue weighted by Crippen LogP contribution is -2.50. The van der Waals surface area contributed by atoms with Crippen molar-refractivity contribution >= 4 is 23.0 Å². The van der Waals surface area contributed by atoms with Crippen LogP contribution in [0.25, 0.3) is 11.1 Å². The van der Waals surface area contributed by atoms with E-state index in [-0.39, 0.29) is 18.4 Å². The number of amides is 1. The lowest BCUT2D eigenvalue weighted by atomic mass is 9.88. The molecule has 174 valence electrons. The predicted molar refractivity (Wildman–Crippen MR) is 135 cm³/mol. The maximum absolute atomic E-state index is 14.1. The molecule has 0 spiro atoms. The molecule has 0 radical (unpaired) electrons. The highest BCUT2D eigenvalue weighted by Crippen LogP contribution is 2.33. The Balaban J connectivity index is 1.71. The number of ether oxygens (including phenoxy) is 1. The number of esters is 1. The van der Waals surface area contributed by atoms with Crippen LogP contribution in [0.3, 0.4) is 0 Å². The largest absolute Gasteiger partial charge is 0.465 e. The molecular formula is C29H30N2O3. The topological polar surface area (TPSA) is 49.9 Å². The van der Waals surface area contributed by atoms with Crippen LogP contribution in [0.5, 0.6) is 0 Å². The van der Waals surface area contributed by atoms with Gasteiger partial charge in [-0.3, -0.25) is 14.5 Å². The maximum atomic E-state index is 14.1. The van der Waals surface area contributed by atoms with Gasteiger partial charge in [0.1, 0.15) is 0 Å². The van der Waals surface area contributed by atoms with Gasteiger partial charge in [-0.1, -0.05) is 91.0 Å². The lowest BCUT2D eigenvalue weighted by molar-refractivity contribution is -0.145. The molecule has 3 aromatic rings. The van der Waals surface area contributed by atoms with Crippen LogP contribution in [0.2, 0.25) is 0 Å². The maximum Gasteiger partial charge on any atom is 0.320 e. The molecule has 0 aliphatic carbocycles. The highest BCUT2D eigenvalue weighted by Gasteiger charge is 2.28. The monoisotopic (exact) mass is 454 g/mol. The molecule has 0 atom stereocenters. The van der Waals surface area contributed by atoms with Gasteiger partial charge in [-0.2, -0.15) is 0 Å². The third-order valence-electron chi connectivity index (χ3n) is 5.97. The van der Waals surface area contributed by atoms with Crippen LogP contribution in [0, 0.1) is 0 Å². The third kappa shape index (κ3) is 5.61. The van der Waals surface area contributed by atoms with E-state index >= 15 is 0 Å². The van der Waals surface area contributed by atoms with Crippen molar-refractivity contribution in [1.82, 2.24) is 9.80 Å². The van der Waals surface area contributed by atoms with Crippen LogP contribution in [0.1, 0.15) is 23.6 Å². The van der Waals surface area contributed by atoms with Crippen molar-refractivity contribution in [2.24, 2.45) is 0 Å². The van der Waals surface area contributed by atoms with Crippen molar-refractivity contribution in [3.63, 3.8) is 0 Å². The highest BCUT2D eigenvalue weighted by molar-refractivity contribution is 6.28. The molecule has 1 aliphatic rings. The molecule has 0 N–H and O–H groups in total. The van der Waals surface area contributed by atoms with E-state index < -0.39 is 0 Å². The fourth-order valence-corrected chi connectivity index (χ4v) is 4.30. The Hall–Kier alpha value is -3.70. The number of hydrogen-bond donors (Lipinski definition) is 0. The number of carbonyl (C=O) groups excluding carboxylic acids is 2. The Morgan fingerprint density at radius 2 is 1.18 bits per heavy atom. The molecule has 1 fully saturated rings. The normalized spacial score (nSPS) is 13.9. The summed E-state index contributed by atoms with van der Waals surface area (Å²) in [6, 6.07) is 30.1. The summed E-state index contributed by atoms with van der Waals surface area (Å²) < 4.78 is 5.08. The fourth-order valence-electron chi connectivity index (χ4n) is 4.30. The van der Waals surface area contributed by atoms with Gasteiger partial charge in [0.25, 0.3) is 5.91 Å². The smallest absolute Gasteiger partial charge is 0.320 e. The molecule has 0 saturated carbocycles. The Kier molecular flexibility index (Phi) is 7.89. The van der Waals surface area contributed by atoms with Crippen molar-refractivity contribution in [3.05, 3.63) is 108 Å². The van der Waals surface area contributed by atoms with Crippen molar-refractivity contribution in [3.8, 4) is 0 Å². The fraction of sp³-hybridized carbons (Fsp3) is 0.241. The first-order valence-electron chi connectivity index (χ1n) is 11.7. The molecule has 1 aliphatic heterocycles. The Bertz CT molecular complexity index is 1080. The second kappa shape index (κ2) is 11.4. The van der Waals surface area contributed by atoms with E-state index in [0.717, 1.165) is 22.3 Å². The van der Waals surface area contributed by atoms with Crippen LogP contribution < -0.4 is 0 Å². The molecule has 0 unspecified atom stereocenters. The van der Waals surface area contributed by atoms with Crippen molar-refractivity contribution in [2.45, 2.75) is 6.92 Å². The number of hydrogen-bond acceptors (Lipinski definition) is 4. The number of piperazine rings is 1. The van der Waals surface area contributed by atoms with Crippen molar-refractivity contribution in [1.29, 1.82) is 0 Å². The van der Waals surface area contributed by atoms with Crippen LogP contribution in [0.15, 0.2) is 91.0 Å². The molecule has 3 aromatic carbocycles. The zero-order chi connectivity index (χ0) is 23.8. The van der Waals surface area contributed by atoms with Gasteiger partial charge in [-0.05, 0) is 23.6 Å². The van der Waals surface area contributed by atoms with E-state index in [0.29, 0.717) is 38.4 Å². The molecule has 1 amide bonds. The molecule has 1 saturated heterocycles. The number of carbonyl (C=O) groups is 2. The third-order valence-corrected chi connectivity index (χ3v) is 5.97. The minimum atomic E-state index is -0.220. The van der Waals surface area contributed by atoms with Crippen LogP contribution in [-0.4, -0.2) is 61.0 Å². The van der Waals surface area contributed by atoms with Gasteiger partial charge in [0.15, 0.2) is 0 Å². The molecule has 5 nitrogen and oxygen atoms in total. The second-order valence-electron chi connectivity index (χ2n) is 8.22. The predicted octanol–water partition coefficient (Wildman–Crippen LogP) is 4.35. The Morgan fingerprint density at radius 1 is 0.706 bits per heavy atom. The SMILES string of the molecule is CCOC(=O)CN1CCN(C(=O)C(=C(c2ccccc2)c2ccccc2)c2ccccc2)CC1. The average molecular weight is 455 g/mol. The van der Waals surface area contributed by atoms with Crippen LogP contribution >= 0.6 is 0 Å². The molecule has 0 aromatic heterocycles. The minimum absolute atomic E-state index is 0.00434. The standard InChI is InChI=1S/C29H30N2O3/c1-2-34-26(32)22-30-18-20-31(21-19-30)29(33)28(25-16-10-5-11-17-25)27(23-12-6-3-7-13-23)24-14-8-4-9-15-24/h3-17H,2,18-22H2,1H3. The molecule has 5 heteroatoms.